The van der Waals surface area contributed by atoms with Crippen LogP contribution >= 0.6 is 0 Å². The normalized spacial score (nSPS) is 34.2. The first-order chi connectivity index (χ1) is 8.33. The van der Waals surface area contributed by atoms with Crippen LogP contribution in [0, 0.1) is 11.8 Å². The van der Waals surface area contributed by atoms with Crippen molar-refractivity contribution >= 4 is 0 Å². The van der Waals surface area contributed by atoms with Gasteiger partial charge in [0.05, 0.1) is 0 Å². The van der Waals surface area contributed by atoms with E-state index in [2.05, 4.69) is 24.1 Å². The van der Waals surface area contributed by atoms with Gasteiger partial charge in [-0.1, -0.05) is 23.3 Å². The molecule has 1 nitrogen and oxygen atoms in total. The van der Waals surface area contributed by atoms with Crippen molar-refractivity contribution in [2.75, 3.05) is 20.1 Å². The molecule has 0 radical (unpaired) electrons. The van der Waals surface area contributed by atoms with E-state index in [4.69, 9.17) is 0 Å². The van der Waals surface area contributed by atoms with E-state index in [-0.39, 0.29) is 0 Å². The maximum atomic E-state index is 2.52. The van der Waals surface area contributed by atoms with Crippen LogP contribution in [0.15, 0.2) is 23.3 Å². The van der Waals surface area contributed by atoms with Gasteiger partial charge in [0.2, 0.25) is 0 Å². The molecule has 0 N–H and O–H groups in total. The van der Waals surface area contributed by atoms with Crippen molar-refractivity contribution in [1.82, 2.24) is 4.90 Å². The summed E-state index contributed by atoms with van der Waals surface area (Å²) in [7, 11) is 2.27. The van der Waals surface area contributed by atoms with Crippen LogP contribution in [0.25, 0.3) is 0 Å². The third kappa shape index (κ3) is 2.49. The van der Waals surface area contributed by atoms with Crippen molar-refractivity contribution in [3.05, 3.63) is 23.3 Å². The Hall–Kier alpha value is -0.560. The topological polar surface area (TPSA) is 3.24 Å². The highest BCUT2D eigenvalue weighted by molar-refractivity contribution is 5.29. The highest BCUT2D eigenvalue weighted by Crippen LogP contribution is 2.39. The molecule has 0 aromatic rings. The molecule has 17 heavy (non-hydrogen) atoms. The number of hydrogen-bond donors (Lipinski definition) is 0. The predicted molar refractivity (Wildman–Crippen MR) is 73.0 cm³/mol. The summed E-state index contributed by atoms with van der Waals surface area (Å²) in [6.45, 7) is 2.64. The molecular formula is C16H25N. The zero-order valence-electron chi connectivity index (χ0n) is 11.1. The lowest BCUT2D eigenvalue weighted by molar-refractivity contribution is 0.374. The van der Waals surface area contributed by atoms with Gasteiger partial charge in [-0.05, 0) is 70.4 Å². The van der Waals surface area contributed by atoms with Gasteiger partial charge < -0.3 is 4.90 Å². The third-order valence-electron chi connectivity index (χ3n) is 4.89. The van der Waals surface area contributed by atoms with Crippen LogP contribution in [0.4, 0.5) is 0 Å². The summed E-state index contributed by atoms with van der Waals surface area (Å²) in [5.74, 6) is 1.75. The van der Waals surface area contributed by atoms with E-state index in [1.54, 1.807) is 5.57 Å². The molecule has 0 spiro atoms. The first-order valence-electron chi connectivity index (χ1n) is 7.39. The van der Waals surface area contributed by atoms with Gasteiger partial charge in [0.25, 0.3) is 0 Å². The van der Waals surface area contributed by atoms with Crippen molar-refractivity contribution < 1.29 is 0 Å². The number of likely N-dealkylation sites (tertiary alicyclic amines) is 1. The summed E-state index contributed by atoms with van der Waals surface area (Å²) in [5, 5.41) is 0. The quantitative estimate of drug-likeness (QED) is 0.654. The molecule has 0 bridgehead atoms. The lowest BCUT2D eigenvalue weighted by atomic mass is 9.76. The van der Waals surface area contributed by atoms with Crippen molar-refractivity contribution in [2.24, 2.45) is 11.8 Å². The predicted octanol–water partition coefficient (Wildman–Crippen LogP) is 3.77. The summed E-state index contributed by atoms with van der Waals surface area (Å²) >= 11 is 0. The Morgan fingerprint density at radius 2 is 2.18 bits per heavy atom. The van der Waals surface area contributed by atoms with E-state index in [0.717, 1.165) is 11.8 Å². The van der Waals surface area contributed by atoms with E-state index in [9.17, 15) is 0 Å². The highest BCUT2D eigenvalue weighted by atomic mass is 15.1. The summed E-state index contributed by atoms with van der Waals surface area (Å²) in [5.41, 5.74) is 3.64. The molecular weight excluding hydrogens is 206 g/mol. The van der Waals surface area contributed by atoms with Crippen LogP contribution in [-0.4, -0.2) is 25.0 Å². The SMILES string of the molecule is CN1CCC(CC2C=CCC3=C2CCCC3)C1. The summed E-state index contributed by atoms with van der Waals surface area (Å²) < 4.78 is 0. The van der Waals surface area contributed by atoms with Gasteiger partial charge in [-0.3, -0.25) is 0 Å². The molecule has 3 rings (SSSR count). The van der Waals surface area contributed by atoms with E-state index in [1.807, 2.05) is 5.57 Å². The lowest BCUT2D eigenvalue weighted by Gasteiger charge is -2.30. The third-order valence-corrected chi connectivity index (χ3v) is 4.89. The van der Waals surface area contributed by atoms with Crippen LogP contribution in [0.1, 0.15) is 44.9 Å². The number of rotatable bonds is 2. The van der Waals surface area contributed by atoms with Crippen molar-refractivity contribution in [3.63, 3.8) is 0 Å². The Balaban J connectivity index is 1.67. The Morgan fingerprint density at radius 3 is 3.00 bits per heavy atom. The molecule has 1 aliphatic heterocycles. The molecule has 2 atom stereocenters. The monoisotopic (exact) mass is 231 g/mol. The van der Waals surface area contributed by atoms with Gasteiger partial charge in [-0.25, -0.2) is 0 Å². The van der Waals surface area contributed by atoms with Crippen LogP contribution in [-0.2, 0) is 0 Å². The molecule has 1 heteroatoms. The fourth-order valence-electron chi connectivity index (χ4n) is 3.96. The summed E-state index contributed by atoms with van der Waals surface area (Å²) in [6.07, 6.45) is 14.7. The number of allylic oxidation sites excluding steroid dienone is 4. The Kier molecular flexibility index (Phi) is 3.37. The largest absolute Gasteiger partial charge is 0.306 e. The average molecular weight is 231 g/mol. The molecule has 2 aliphatic carbocycles. The molecule has 1 saturated heterocycles. The van der Waals surface area contributed by atoms with Crippen LogP contribution in [0.3, 0.4) is 0 Å². The van der Waals surface area contributed by atoms with Crippen molar-refractivity contribution in [1.29, 1.82) is 0 Å². The second-order valence-corrected chi connectivity index (χ2v) is 6.23. The molecule has 0 saturated carbocycles. The van der Waals surface area contributed by atoms with E-state index in [1.165, 1.54) is 58.0 Å². The number of hydrogen-bond acceptors (Lipinski definition) is 1. The van der Waals surface area contributed by atoms with E-state index < -0.39 is 0 Å². The smallest absolute Gasteiger partial charge is 0.000741 e. The second-order valence-electron chi connectivity index (χ2n) is 6.23. The minimum absolute atomic E-state index is 0.801. The molecule has 3 aliphatic rings. The molecule has 0 aromatic carbocycles. The van der Waals surface area contributed by atoms with Crippen molar-refractivity contribution in [2.45, 2.75) is 44.9 Å². The molecule has 1 heterocycles. The molecule has 2 unspecified atom stereocenters. The molecule has 1 fully saturated rings. The van der Waals surface area contributed by atoms with Gasteiger partial charge >= 0.3 is 0 Å². The Bertz CT molecular complexity index is 339. The van der Waals surface area contributed by atoms with Gasteiger partial charge in [-0.2, -0.15) is 0 Å². The van der Waals surface area contributed by atoms with Crippen molar-refractivity contribution in [3.8, 4) is 0 Å². The van der Waals surface area contributed by atoms with E-state index >= 15 is 0 Å². The lowest BCUT2D eigenvalue weighted by Crippen LogP contribution is -2.18. The molecule has 94 valence electrons. The summed E-state index contributed by atoms with van der Waals surface area (Å²) in [4.78, 5) is 2.49. The second kappa shape index (κ2) is 4.97. The zero-order valence-corrected chi connectivity index (χ0v) is 11.1. The van der Waals surface area contributed by atoms with Gasteiger partial charge in [0, 0.05) is 6.54 Å². The first kappa shape index (κ1) is 11.5. The molecule has 0 aromatic heterocycles. The fourth-order valence-corrected chi connectivity index (χ4v) is 3.96. The van der Waals surface area contributed by atoms with Crippen LogP contribution in [0.2, 0.25) is 0 Å². The van der Waals surface area contributed by atoms with Crippen LogP contribution in [0.5, 0.6) is 0 Å². The minimum Gasteiger partial charge on any atom is -0.306 e. The Labute approximate surface area is 106 Å². The van der Waals surface area contributed by atoms with Gasteiger partial charge in [0.1, 0.15) is 0 Å². The van der Waals surface area contributed by atoms with Gasteiger partial charge in [0.15, 0.2) is 0 Å². The fraction of sp³-hybridized carbons (Fsp3) is 0.750. The Morgan fingerprint density at radius 1 is 1.29 bits per heavy atom. The standard InChI is InChI=1S/C16H25N/c1-17-10-9-13(12-17)11-15-7-4-6-14-5-2-3-8-16(14)15/h4,7,13,15H,2-3,5-6,8-12H2,1H3. The maximum Gasteiger partial charge on any atom is 0.000741 e. The molecule has 0 amide bonds. The van der Waals surface area contributed by atoms with E-state index in [0.29, 0.717) is 0 Å². The first-order valence-corrected chi connectivity index (χ1v) is 7.39. The summed E-state index contributed by atoms with van der Waals surface area (Å²) in [6, 6.07) is 0. The van der Waals surface area contributed by atoms with Gasteiger partial charge in [-0.15, -0.1) is 0 Å². The number of nitrogens with zero attached hydrogens (tertiary/aromatic N) is 1. The maximum absolute atomic E-state index is 2.52. The minimum atomic E-state index is 0.801. The average Bonchev–Trinajstić information content (AvgIpc) is 2.75. The highest BCUT2D eigenvalue weighted by Gasteiger charge is 2.27. The zero-order chi connectivity index (χ0) is 11.7. The van der Waals surface area contributed by atoms with Crippen LogP contribution < -0.4 is 0 Å².